The Morgan fingerprint density at radius 2 is 2.50 bits per heavy atom. The van der Waals surface area contributed by atoms with Crippen LogP contribution in [0.5, 0.6) is 0 Å². The van der Waals surface area contributed by atoms with Crippen molar-refractivity contribution in [1.29, 1.82) is 0 Å². The summed E-state index contributed by atoms with van der Waals surface area (Å²) in [6, 6.07) is 0.116. The first-order chi connectivity index (χ1) is 5.81. The predicted molar refractivity (Wildman–Crippen MR) is 46.9 cm³/mol. The van der Waals surface area contributed by atoms with Crippen molar-refractivity contribution in [3.05, 3.63) is 0 Å². The lowest BCUT2D eigenvalue weighted by Gasteiger charge is -2.24. The van der Waals surface area contributed by atoms with Gasteiger partial charge in [0.1, 0.15) is 0 Å². The molecule has 0 bridgehead atoms. The lowest BCUT2D eigenvalue weighted by molar-refractivity contribution is 0.0904. The van der Waals surface area contributed by atoms with Crippen LogP contribution >= 0.6 is 0 Å². The van der Waals surface area contributed by atoms with E-state index in [1.54, 1.807) is 7.11 Å². The molecule has 1 aliphatic heterocycles. The third-order valence-corrected chi connectivity index (χ3v) is 2.51. The summed E-state index contributed by atoms with van der Waals surface area (Å²) >= 11 is 0. The molecule has 0 saturated carbocycles. The number of aliphatic hydroxyl groups is 1. The zero-order valence-corrected chi connectivity index (χ0v) is 7.57. The molecule has 1 rings (SSSR count). The number of hydrogen-bond acceptors (Lipinski definition) is 4. The normalized spacial score (nSPS) is 27.8. The first-order valence-electron chi connectivity index (χ1n) is 4.39. The molecule has 1 fully saturated rings. The zero-order valence-electron chi connectivity index (χ0n) is 7.57. The molecular weight excluding hydrogens is 156 g/mol. The van der Waals surface area contributed by atoms with Crippen LogP contribution in [0.1, 0.15) is 6.42 Å². The summed E-state index contributed by atoms with van der Waals surface area (Å²) in [6.45, 7) is 2.56. The van der Waals surface area contributed by atoms with E-state index in [1.807, 2.05) is 0 Å². The fraction of sp³-hybridized carbons (Fsp3) is 1.00. The highest BCUT2D eigenvalue weighted by molar-refractivity contribution is 4.81. The average molecular weight is 174 g/mol. The summed E-state index contributed by atoms with van der Waals surface area (Å²) in [6.07, 6.45) is 1.37. The van der Waals surface area contributed by atoms with Crippen molar-refractivity contribution >= 4 is 0 Å². The number of nitrogens with two attached hydrogens (primary N) is 1. The van der Waals surface area contributed by atoms with Gasteiger partial charge in [-0.25, -0.2) is 0 Å². The fourth-order valence-corrected chi connectivity index (χ4v) is 1.62. The van der Waals surface area contributed by atoms with Crippen LogP contribution in [0.4, 0.5) is 0 Å². The summed E-state index contributed by atoms with van der Waals surface area (Å²) in [5, 5.41) is 8.98. The van der Waals surface area contributed by atoms with Crippen molar-refractivity contribution < 1.29 is 9.84 Å². The Morgan fingerprint density at radius 3 is 2.92 bits per heavy atom. The molecule has 3 N–H and O–H groups in total. The molecular formula is C8H18N2O2. The Balaban J connectivity index is 2.34. The molecule has 4 heteroatoms. The van der Waals surface area contributed by atoms with Gasteiger partial charge < -0.3 is 15.6 Å². The van der Waals surface area contributed by atoms with Gasteiger partial charge >= 0.3 is 0 Å². The number of aliphatic hydroxyl groups excluding tert-OH is 1. The van der Waals surface area contributed by atoms with Crippen LogP contribution in [0.25, 0.3) is 0 Å². The third kappa shape index (κ3) is 2.17. The molecule has 72 valence electrons. The molecule has 0 amide bonds. The van der Waals surface area contributed by atoms with Crippen LogP contribution in [-0.4, -0.2) is 55.5 Å². The van der Waals surface area contributed by atoms with Crippen LogP contribution < -0.4 is 5.73 Å². The van der Waals surface area contributed by atoms with Crippen LogP contribution in [0.3, 0.4) is 0 Å². The SMILES string of the molecule is COC1CCN(C(CN)CO)C1. The van der Waals surface area contributed by atoms with E-state index in [9.17, 15) is 0 Å². The van der Waals surface area contributed by atoms with Crippen molar-refractivity contribution in [2.45, 2.75) is 18.6 Å². The van der Waals surface area contributed by atoms with Gasteiger partial charge in [-0.3, -0.25) is 4.90 Å². The van der Waals surface area contributed by atoms with Gasteiger partial charge in [-0.15, -0.1) is 0 Å². The van der Waals surface area contributed by atoms with E-state index in [4.69, 9.17) is 15.6 Å². The Bertz CT molecular complexity index is 128. The molecule has 0 aromatic heterocycles. The Hall–Kier alpha value is -0.160. The minimum Gasteiger partial charge on any atom is -0.395 e. The average Bonchev–Trinajstić information content (AvgIpc) is 2.55. The number of hydrogen-bond donors (Lipinski definition) is 2. The van der Waals surface area contributed by atoms with Gasteiger partial charge in [0.25, 0.3) is 0 Å². The zero-order chi connectivity index (χ0) is 8.97. The van der Waals surface area contributed by atoms with Crippen molar-refractivity contribution in [2.75, 3.05) is 33.4 Å². The number of ether oxygens (including phenoxy) is 1. The molecule has 12 heavy (non-hydrogen) atoms. The Morgan fingerprint density at radius 1 is 1.75 bits per heavy atom. The van der Waals surface area contributed by atoms with E-state index < -0.39 is 0 Å². The monoisotopic (exact) mass is 174 g/mol. The summed E-state index contributed by atoms with van der Waals surface area (Å²) in [5.41, 5.74) is 5.51. The van der Waals surface area contributed by atoms with Crippen molar-refractivity contribution in [2.24, 2.45) is 5.73 Å². The van der Waals surface area contributed by atoms with Gasteiger partial charge in [0.15, 0.2) is 0 Å². The summed E-state index contributed by atoms with van der Waals surface area (Å²) < 4.78 is 5.22. The van der Waals surface area contributed by atoms with Gasteiger partial charge in [-0.2, -0.15) is 0 Å². The maximum absolute atomic E-state index is 8.98. The van der Waals surface area contributed by atoms with E-state index in [1.165, 1.54) is 0 Å². The smallest absolute Gasteiger partial charge is 0.0710 e. The molecule has 4 nitrogen and oxygen atoms in total. The number of rotatable bonds is 4. The van der Waals surface area contributed by atoms with Gasteiger partial charge in [0.05, 0.1) is 12.7 Å². The maximum Gasteiger partial charge on any atom is 0.0710 e. The molecule has 2 unspecified atom stereocenters. The van der Waals surface area contributed by atoms with Crippen molar-refractivity contribution in [3.8, 4) is 0 Å². The highest BCUT2D eigenvalue weighted by atomic mass is 16.5. The first-order valence-corrected chi connectivity index (χ1v) is 4.39. The molecule has 2 atom stereocenters. The van der Waals surface area contributed by atoms with Crippen LogP contribution in [0.2, 0.25) is 0 Å². The third-order valence-electron chi connectivity index (χ3n) is 2.51. The quantitative estimate of drug-likeness (QED) is 0.575. The van der Waals surface area contributed by atoms with Crippen LogP contribution in [-0.2, 0) is 4.74 Å². The van der Waals surface area contributed by atoms with Crippen LogP contribution in [0.15, 0.2) is 0 Å². The lowest BCUT2D eigenvalue weighted by atomic mass is 10.3. The predicted octanol–water partition coefficient (Wildman–Crippen LogP) is -0.973. The van der Waals surface area contributed by atoms with Gasteiger partial charge in [0, 0.05) is 32.8 Å². The largest absolute Gasteiger partial charge is 0.395 e. The molecule has 0 radical (unpaired) electrons. The number of methoxy groups -OCH3 is 1. The molecule has 0 aliphatic carbocycles. The molecule has 0 aromatic carbocycles. The first kappa shape index (κ1) is 9.92. The molecule has 1 saturated heterocycles. The second-order valence-corrected chi connectivity index (χ2v) is 3.21. The highest BCUT2D eigenvalue weighted by Gasteiger charge is 2.26. The van der Waals surface area contributed by atoms with Crippen molar-refractivity contribution in [1.82, 2.24) is 4.90 Å². The summed E-state index contributed by atoms with van der Waals surface area (Å²) in [5.74, 6) is 0. The topological polar surface area (TPSA) is 58.7 Å². The highest BCUT2D eigenvalue weighted by Crippen LogP contribution is 2.13. The van der Waals surface area contributed by atoms with Gasteiger partial charge in [-0.05, 0) is 6.42 Å². The van der Waals surface area contributed by atoms with Crippen LogP contribution in [0, 0.1) is 0 Å². The number of nitrogens with zero attached hydrogens (tertiary/aromatic N) is 1. The second kappa shape index (κ2) is 4.77. The fourth-order valence-electron chi connectivity index (χ4n) is 1.62. The standard InChI is InChI=1S/C8H18N2O2/c1-12-8-2-3-10(5-8)7(4-9)6-11/h7-8,11H,2-6,9H2,1H3. The van der Waals surface area contributed by atoms with Gasteiger partial charge in [0.2, 0.25) is 0 Å². The van der Waals surface area contributed by atoms with Gasteiger partial charge in [-0.1, -0.05) is 0 Å². The van der Waals surface area contributed by atoms with E-state index in [0.29, 0.717) is 12.6 Å². The Labute approximate surface area is 73.3 Å². The molecule has 0 aromatic rings. The summed E-state index contributed by atoms with van der Waals surface area (Å²) in [4.78, 5) is 2.19. The van der Waals surface area contributed by atoms with E-state index in [2.05, 4.69) is 4.90 Å². The summed E-state index contributed by atoms with van der Waals surface area (Å²) in [7, 11) is 1.73. The van der Waals surface area contributed by atoms with Crippen molar-refractivity contribution in [3.63, 3.8) is 0 Å². The minimum atomic E-state index is 0.116. The van der Waals surface area contributed by atoms with E-state index in [-0.39, 0.29) is 12.6 Å². The molecule has 1 aliphatic rings. The molecule has 1 heterocycles. The lowest BCUT2D eigenvalue weighted by Crippen LogP contribution is -2.42. The minimum absolute atomic E-state index is 0.116. The molecule has 0 spiro atoms. The van der Waals surface area contributed by atoms with E-state index in [0.717, 1.165) is 19.5 Å². The van der Waals surface area contributed by atoms with E-state index >= 15 is 0 Å². The second-order valence-electron chi connectivity index (χ2n) is 3.21. The maximum atomic E-state index is 8.98. The Kier molecular flexibility index (Phi) is 3.94. The number of likely N-dealkylation sites (tertiary alicyclic amines) is 1.